The van der Waals surface area contributed by atoms with E-state index in [4.69, 9.17) is 9.47 Å². The highest BCUT2D eigenvalue weighted by molar-refractivity contribution is 6.46. The molecule has 0 aliphatic carbocycles. The number of carbonyl (C=O) groups excluding carboxylic acids is 3. The predicted octanol–water partition coefficient (Wildman–Crippen LogP) is -0.304. The number of nitrogens with zero attached hydrogens (tertiary/aromatic N) is 1. The summed E-state index contributed by atoms with van der Waals surface area (Å²) in [4.78, 5) is 43.8. The summed E-state index contributed by atoms with van der Waals surface area (Å²) in [5, 5.41) is 13.8. The molecule has 1 atom stereocenters. The van der Waals surface area contributed by atoms with Crippen LogP contribution in [0.4, 0.5) is 4.39 Å². The van der Waals surface area contributed by atoms with Crippen molar-refractivity contribution in [3.63, 3.8) is 0 Å². The summed E-state index contributed by atoms with van der Waals surface area (Å²) >= 11 is 0. The Morgan fingerprint density at radius 2 is 2.00 bits per heavy atom. The molecule has 2 N–H and O–H groups in total. The van der Waals surface area contributed by atoms with Crippen LogP contribution in [-0.2, 0) is 19.1 Å². The lowest BCUT2D eigenvalue weighted by Crippen LogP contribution is -3.14. The molecule has 0 bridgehead atoms. The van der Waals surface area contributed by atoms with Crippen molar-refractivity contribution in [2.75, 3.05) is 46.5 Å². The Morgan fingerprint density at radius 3 is 2.66 bits per heavy atom. The second kappa shape index (κ2) is 10.0. The molecule has 1 unspecified atom stereocenters. The molecule has 0 radical (unpaired) electrons. The monoisotopic (exact) mass is 485 g/mol. The number of amides is 1. The number of likely N-dealkylation sites (tertiary alicyclic amines) is 1. The third-order valence-electron chi connectivity index (χ3n) is 6.65. The number of aromatic amines is 1. The Labute approximate surface area is 202 Å². The molecule has 186 valence electrons. The van der Waals surface area contributed by atoms with Crippen LogP contribution in [0.25, 0.3) is 5.76 Å². The standard InChI is InChI=1S/C25H28FN3O6/c1-14-18(15(2)27-20(14)25(33)34-3)22(30)19-21(16-5-4-6-17(26)13-16)29(24(32)23(19)31)8-7-28-9-11-35-12-10-28/h4-6,13,21,27,30H,7-12H2,1-3H3/b22-19+. The molecule has 2 fully saturated rings. The fourth-order valence-corrected chi connectivity index (χ4v) is 4.84. The van der Waals surface area contributed by atoms with Gasteiger partial charge in [-0.2, -0.15) is 0 Å². The summed E-state index contributed by atoms with van der Waals surface area (Å²) in [5.41, 5.74) is 1.00. The van der Waals surface area contributed by atoms with E-state index in [-0.39, 0.29) is 23.4 Å². The number of Topliss-reactive ketones (excluding diaryl/α,β-unsaturated/α-hetero) is 1. The van der Waals surface area contributed by atoms with Gasteiger partial charge in [0.2, 0.25) is 5.78 Å². The number of ketones is 1. The number of halogens is 1. The zero-order chi connectivity index (χ0) is 25.3. The summed E-state index contributed by atoms with van der Waals surface area (Å²) in [5.74, 6) is -3.57. The predicted molar refractivity (Wildman–Crippen MR) is 121 cm³/mol. The van der Waals surface area contributed by atoms with E-state index in [2.05, 4.69) is 4.98 Å². The molecule has 9 nitrogen and oxygen atoms in total. The number of hydrogen-bond acceptors (Lipinski definition) is 6. The molecule has 1 aromatic carbocycles. The zero-order valence-electron chi connectivity index (χ0n) is 19.9. The number of quaternary nitrogens is 1. The van der Waals surface area contributed by atoms with Gasteiger partial charge in [0, 0.05) is 11.3 Å². The smallest absolute Gasteiger partial charge is 0.354 e. The minimum absolute atomic E-state index is 0.0980. The van der Waals surface area contributed by atoms with E-state index in [1.54, 1.807) is 19.9 Å². The van der Waals surface area contributed by atoms with Gasteiger partial charge in [-0.1, -0.05) is 17.9 Å². The third-order valence-corrected chi connectivity index (χ3v) is 6.65. The minimum Gasteiger partial charge on any atom is -0.872 e. The first kappa shape index (κ1) is 24.6. The number of rotatable bonds is 6. The SMILES string of the molecule is COC(=O)c1[nH]c(C)c(/C([O-])=C2\C(=O)C(=O)N(CC[NH+]3CCOCC3)C2c2cccc(F)c2)c1C. The molecule has 10 heteroatoms. The number of morpholine rings is 1. The van der Waals surface area contributed by atoms with Crippen molar-refractivity contribution in [1.82, 2.24) is 9.88 Å². The molecule has 2 aliphatic heterocycles. The Balaban J connectivity index is 1.80. The molecule has 0 saturated carbocycles. The van der Waals surface area contributed by atoms with Crippen LogP contribution in [0.2, 0.25) is 0 Å². The lowest BCUT2D eigenvalue weighted by molar-refractivity contribution is -0.907. The van der Waals surface area contributed by atoms with Crippen molar-refractivity contribution in [2.45, 2.75) is 19.9 Å². The van der Waals surface area contributed by atoms with Crippen molar-refractivity contribution in [2.24, 2.45) is 0 Å². The largest absolute Gasteiger partial charge is 0.872 e. The average molecular weight is 486 g/mol. The van der Waals surface area contributed by atoms with Gasteiger partial charge < -0.3 is 29.4 Å². The van der Waals surface area contributed by atoms with Gasteiger partial charge in [-0.15, -0.1) is 0 Å². The van der Waals surface area contributed by atoms with Crippen LogP contribution in [-0.4, -0.2) is 74.0 Å². The molecule has 35 heavy (non-hydrogen) atoms. The normalized spacial score (nSPS) is 20.5. The summed E-state index contributed by atoms with van der Waals surface area (Å²) in [7, 11) is 1.22. The van der Waals surface area contributed by atoms with Crippen LogP contribution in [0, 0.1) is 19.7 Å². The van der Waals surface area contributed by atoms with Gasteiger partial charge in [0.25, 0.3) is 5.91 Å². The number of H-pyrrole nitrogens is 1. The number of aryl methyl sites for hydroxylation is 1. The van der Waals surface area contributed by atoms with Gasteiger partial charge in [-0.05, 0) is 42.7 Å². The van der Waals surface area contributed by atoms with Crippen LogP contribution in [0.3, 0.4) is 0 Å². The Bertz CT molecular complexity index is 1200. The fraction of sp³-hybridized carbons (Fsp3) is 0.400. The lowest BCUT2D eigenvalue weighted by Gasteiger charge is -2.30. The Hall–Kier alpha value is -3.50. The molecule has 2 aliphatic rings. The van der Waals surface area contributed by atoms with Gasteiger partial charge in [0.15, 0.2) is 0 Å². The van der Waals surface area contributed by atoms with Crippen LogP contribution in [0.15, 0.2) is 29.8 Å². The number of benzene rings is 1. The summed E-state index contributed by atoms with van der Waals surface area (Å²) < 4.78 is 24.3. The average Bonchev–Trinajstić information content (AvgIpc) is 3.29. The quantitative estimate of drug-likeness (QED) is 0.251. The van der Waals surface area contributed by atoms with Gasteiger partial charge >= 0.3 is 5.97 Å². The minimum atomic E-state index is -1.03. The van der Waals surface area contributed by atoms with Gasteiger partial charge in [-0.3, -0.25) is 9.59 Å². The second-order valence-electron chi connectivity index (χ2n) is 8.76. The third kappa shape index (κ3) is 4.59. The van der Waals surface area contributed by atoms with Crippen LogP contribution >= 0.6 is 0 Å². The van der Waals surface area contributed by atoms with Crippen molar-refractivity contribution < 1.29 is 38.3 Å². The first-order valence-electron chi connectivity index (χ1n) is 11.5. The van der Waals surface area contributed by atoms with E-state index < -0.39 is 35.3 Å². The molecule has 1 aromatic heterocycles. The van der Waals surface area contributed by atoms with E-state index in [0.717, 1.165) is 13.1 Å². The van der Waals surface area contributed by atoms with Crippen LogP contribution < -0.4 is 10.0 Å². The van der Waals surface area contributed by atoms with E-state index in [9.17, 15) is 23.9 Å². The maximum Gasteiger partial charge on any atom is 0.354 e. The van der Waals surface area contributed by atoms with Gasteiger partial charge in [0.05, 0.1) is 39.5 Å². The van der Waals surface area contributed by atoms with Gasteiger partial charge in [-0.25, -0.2) is 9.18 Å². The maximum atomic E-state index is 14.2. The number of methoxy groups -OCH3 is 1. The highest BCUT2D eigenvalue weighted by Gasteiger charge is 2.45. The molecular formula is C25H28FN3O6. The molecular weight excluding hydrogens is 457 g/mol. The Morgan fingerprint density at radius 1 is 1.29 bits per heavy atom. The number of carbonyl (C=O) groups is 3. The second-order valence-corrected chi connectivity index (χ2v) is 8.76. The highest BCUT2D eigenvalue weighted by Crippen LogP contribution is 2.39. The van der Waals surface area contributed by atoms with E-state index in [0.29, 0.717) is 36.6 Å². The summed E-state index contributed by atoms with van der Waals surface area (Å²) in [6.45, 7) is 6.72. The topological polar surface area (TPSA) is 116 Å². The van der Waals surface area contributed by atoms with Crippen molar-refractivity contribution in [3.05, 3.63) is 63.7 Å². The van der Waals surface area contributed by atoms with Crippen LogP contribution in [0.5, 0.6) is 0 Å². The number of aromatic nitrogens is 1. The number of esters is 1. The highest BCUT2D eigenvalue weighted by atomic mass is 19.1. The summed E-state index contributed by atoms with van der Waals surface area (Å²) in [6.07, 6.45) is 0. The maximum absolute atomic E-state index is 14.2. The molecule has 2 saturated heterocycles. The lowest BCUT2D eigenvalue weighted by atomic mass is 9.94. The summed E-state index contributed by atoms with van der Waals surface area (Å²) in [6, 6.07) is 4.53. The van der Waals surface area contributed by atoms with E-state index in [1.807, 2.05) is 0 Å². The zero-order valence-corrected chi connectivity index (χ0v) is 19.9. The van der Waals surface area contributed by atoms with Gasteiger partial charge in [0.1, 0.15) is 24.6 Å². The fourth-order valence-electron chi connectivity index (χ4n) is 4.84. The Kier molecular flexibility index (Phi) is 7.04. The number of nitrogens with one attached hydrogen (secondary N) is 2. The molecule has 3 heterocycles. The molecule has 0 spiro atoms. The van der Waals surface area contributed by atoms with E-state index >= 15 is 0 Å². The van der Waals surface area contributed by atoms with Crippen molar-refractivity contribution in [3.8, 4) is 0 Å². The van der Waals surface area contributed by atoms with E-state index in [1.165, 1.54) is 35.1 Å². The first-order chi connectivity index (χ1) is 16.7. The number of hydrogen-bond donors (Lipinski definition) is 2. The van der Waals surface area contributed by atoms with Crippen LogP contribution in [0.1, 0.15) is 38.9 Å². The molecule has 1 amide bonds. The molecule has 4 rings (SSSR count). The number of ether oxygens (including phenoxy) is 2. The van der Waals surface area contributed by atoms with Crippen molar-refractivity contribution >= 4 is 23.4 Å². The van der Waals surface area contributed by atoms with Crippen molar-refractivity contribution in [1.29, 1.82) is 0 Å². The molecule has 2 aromatic rings. The first-order valence-corrected chi connectivity index (χ1v) is 11.5.